The zero-order valence-electron chi connectivity index (χ0n) is 24.3. The highest BCUT2D eigenvalue weighted by molar-refractivity contribution is 6.35. The predicted molar refractivity (Wildman–Crippen MR) is 164 cm³/mol. The number of hydrogen-bond acceptors (Lipinski definition) is 9. The maximum atomic E-state index is 14.0. The van der Waals surface area contributed by atoms with E-state index < -0.39 is 12.0 Å². The van der Waals surface area contributed by atoms with E-state index in [4.69, 9.17) is 11.6 Å². The molecule has 11 heteroatoms. The third kappa shape index (κ3) is 6.02. The molecule has 4 aromatic rings. The van der Waals surface area contributed by atoms with Crippen molar-refractivity contribution in [2.75, 3.05) is 10.6 Å². The summed E-state index contributed by atoms with van der Waals surface area (Å²) in [6.45, 7) is 1.66. The van der Waals surface area contributed by atoms with Gasteiger partial charge in [0.25, 0.3) is 0 Å². The summed E-state index contributed by atoms with van der Waals surface area (Å²) in [7, 11) is 0. The molecule has 9 nitrogen and oxygen atoms in total. The molecule has 0 unspecified atom stereocenters. The van der Waals surface area contributed by atoms with Crippen LogP contribution in [0.4, 0.5) is 15.8 Å². The van der Waals surface area contributed by atoms with Gasteiger partial charge in [0, 0.05) is 47.2 Å². The number of fused-ring (bicyclic) bond motifs is 1. The van der Waals surface area contributed by atoms with Gasteiger partial charge in [-0.25, -0.2) is 4.98 Å². The van der Waals surface area contributed by atoms with Crippen molar-refractivity contribution in [3.05, 3.63) is 106 Å². The van der Waals surface area contributed by atoms with E-state index in [1.165, 1.54) is 12.3 Å². The van der Waals surface area contributed by atoms with Crippen LogP contribution in [0.5, 0.6) is 0 Å². The predicted octanol–water partition coefficient (Wildman–Crippen LogP) is 6.54. The smallest absolute Gasteiger partial charge is 0.213 e. The molecule has 2 atom stereocenters. The average Bonchev–Trinajstić information content (AvgIpc) is 3.74. The van der Waals surface area contributed by atoms with Crippen molar-refractivity contribution in [1.82, 2.24) is 25.9 Å². The molecule has 0 saturated heterocycles. The molecule has 1 aliphatic carbocycles. The van der Waals surface area contributed by atoms with E-state index in [0.29, 0.717) is 68.7 Å². The monoisotopic (exact) mass is 594 g/mol. The van der Waals surface area contributed by atoms with E-state index in [-0.39, 0.29) is 6.04 Å². The van der Waals surface area contributed by atoms with Gasteiger partial charge in [-0.2, -0.15) is 14.9 Å². The minimum Gasteiger partial charge on any atom is -0.377 e. The van der Waals surface area contributed by atoms with Crippen molar-refractivity contribution in [2.24, 2.45) is 0 Å². The number of anilines is 2. The Balaban J connectivity index is 1.46. The molecule has 43 heavy (non-hydrogen) atoms. The van der Waals surface area contributed by atoms with Gasteiger partial charge in [0.1, 0.15) is 6.07 Å². The van der Waals surface area contributed by atoms with Gasteiger partial charge in [0.2, 0.25) is 5.95 Å². The number of benzene rings is 2. The van der Waals surface area contributed by atoms with E-state index in [1.807, 2.05) is 41.5 Å². The number of pyridine rings is 2. The highest BCUT2D eigenvalue weighted by Gasteiger charge is 2.33. The molecule has 0 radical (unpaired) electrons. The van der Waals surface area contributed by atoms with Gasteiger partial charge < -0.3 is 16.1 Å². The summed E-state index contributed by atoms with van der Waals surface area (Å²) in [5.41, 5.74) is 10.2. The topological polar surface area (TPSA) is 125 Å². The van der Waals surface area contributed by atoms with Gasteiger partial charge in [0.15, 0.2) is 0 Å². The first-order valence-electron chi connectivity index (χ1n) is 14.5. The van der Waals surface area contributed by atoms with Crippen LogP contribution >= 0.6 is 11.6 Å². The van der Waals surface area contributed by atoms with Crippen LogP contribution in [0.25, 0.3) is 10.9 Å². The lowest BCUT2D eigenvalue weighted by molar-refractivity contribution is 0.260. The number of rotatable bonds is 10. The lowest BCUT2D eigenvalue weighted by atomic mass is 10.00. The van der Waals surface area contributed by atoms with Crippen LogP contribution in [0.3, 0.4) is 0 Å². The normalized spacial score (nSPS) is 16.7. The Bertz CT molecular complexity index is 1830. The van der Waals surface area contributed by atoms with Crippen molar-refractivity contribution in [3.63, 3.8) is 0 Å². The van der Waals surface area contributed by atoms with Crippen LogP contribution in [0.2, 0.25) is 5.02 Å². The molecular weight excluding hydrogens is 565 g/mol. The summed E-state index contributed by atoms with van der Waals surface area (Å²) in [4.78, 5) is 8.46. The average molecular weight is 595 g/mol. The molecule has 0 spiro atoms. The number of hydrogen-bond donors (Lipinski definition) is 4. The van der Waals surface area contributed by atoms with Gasteiger partial charge in [-0.1, -0.05) is 48.0 Å². The maximum Gasteiger partial charge on any atom is 0.213 e. The summed E-state index contributed by atoms with van der Waals surface area (Å²) in [5.74, 6) is -0.636. The summed E-state index contributed by atoms with van der Waals surface area (Å²) in [6.07, 6.45) is 6.21. The van der Waals surface area contributed by atoms with Crippen LogP contribution in [-0.4, -0.2) is 21.0 Å². The van der Waals surface area contributed by atoms with Crippen LogP contribution in [0.15, 0.2) is 72.7 Å². The Morgan fingerprint density at radius 3 is 2.72 bits per heavy atom. The van der Waals surface area contributed by atoms with Crippen LogP contribution in [-0.2, 0) is 0 Å². The third-order valence-corrected chi connectivity index (χ3v) is 7.79. The fourth-order valence-electron chi connectivity index (χ4n) is 5.19. The highest BCUT2D eigenvalue weighted by Crippen LogP contribution is 2.38. The summed E-state index contributed by atoms with van der Waals surface area (Å²) >= 11 is 6.80. The number of nitriles is 2. The fourth-order valence-corrected chi connectivity index (χ4v) is 5.45. The lowest BCUT2D eigenvalue weighted by Gasteiger charge is -2.24. The lowest BCUT2D eigenvalue weighted by Crippen LogP contribution is -2.38. The first-order valence-corrected chi connectivity index (χ1v) is 14.3. The second-order valence-electron chi connectivity index (χ2n) is 10.5. The molecule has 0 bridgehead atoms. The van der Waals surface area contributed by atoms with Crippen LogP contribution in [0.1, 0.15) is 61.5 Å². The zero-order valence-corrected chi connectivity index (χ0v) is 24.1. The van der Waals surface area contributed by atoms with Crippen molar-refractivity contribution >= 4 is 33.9 Å². The van der Waals surface area contributed by atoms with Crippen LogP contribution in [0, 0.1) is 35.5 Å². The quantitative estimate of drug-likeness (QED) is 0.151. The SMILES string of the molecule is [2H][C@@](Nc1cc(Cl)c2ncc(C#N)c(N[C@H](CCC#N)c3ccccc3)c2c1)(C1=CN(C2CC2)NN1)c1ccc(F)nc1C. The fraction of sp³-hybridized carbons (Fsp3) is 0.250. The number of aromatic nitrogens is 2. The number of aryl methyl sites for hydroxylation is 1. The van der Waals surface area contributed by atoms with Gasteiger partial charge in [-0.05, 0) is 49.9 Å². The largest absolute Gasteiger partial charge is 0.377 e. The minimum atomic E-state index is -1.63. The summed E-state index contributed by atoms with van der Waals surface area (Å²) in [5, 5.41) is 29.0. The zero-order chi connectivity index (χ0) is 30.8. The molecule has 0 amide bonds. The van der Waals surface area contributed by atoms with Gasteiger partial charge in [0.05, 0.1) is 47.0 Å². The van der Waals surface area contributed by atoms with E-state index in [1.54, 1.807) is 25.1 Å². The van der Waals surface area contributed by atoms with E-state index in [2.05, 4.69) is 43.7 Å². The molecule has 1 saturated carbocycles. The van der Waals surface area contributed by atoms with Crippen molar-refractivity contribution in [2.45, 2.75) is 50.7 Å². The Morgan fingerprint density at radius 1 is 1.19 bits per heavy atom. The Morgan fingerprint density at radius 2 is 2.00 bits per heavy atom. The maximum absolute atomic E-state index is 14.0. The Kier molecular flexibility index (Phi) is 7.61. The highest BCUT2D eigenvalue weighted by atomic mass is 35.5. The molecule has 3 heterocycles. The standard InChI is InChI=1S/C32H29ClFN9/c1-19-24(11-12-29(34)38-19)32(28-18-43(42-41-28)23-9-10-23)39-22-14-25-30(21(16-36)17-37-31(25)26(33)15-22)40-27(8-5-13-35)20-6-3-2-4-7-20/h2-4,6-7,11-12,14-15,17-18,23,27,32,39,41-42H,5,8-10H2,1H3,(H,37,40)/t27-,32+/m1/s1/i32D. The van der Waals surface area contributed by atoms with Crippen molar-refractivity contribution in [3.8, 4) is 12.1 Å². The molecule has 1 fully saturated rings. The Hall–Kier alpha value is -4.90. The number of nitrogens with zero attached hydrogens (tertiary/aromatic N) is 5. The van der Waals surface area contributed by atoms with E-state index >= 15 is 0 Å². The Labute approximate surface area is 255 Å². The minimum absolute atomic E-state index is 0.264. The van der Waals surface area contributed by atoms with Gasteiger partial charge in [-0.15, -0.1) is 5.53 Å². The molecule has 4 N–H and O–H groups in total. The number of nitrogens with one attached hydrogen (secondary N) is 4. The van der Waals surface area contributed by atoms with Crippen molar-refractivity contribution in [1.29, 1.82) is 10.5 Å². The molecular formula is C32H29ClFN9. The second-order valence-corrected chi connectivity index (χ2v) is 10.9. The molecule has 2 aromatic heterocycles. The first kappa shape index (κ1) is 27.0. The van der Waals surface area contributed by atoms with Gasteiger partial charge in [-0.3, -0.25) is 9.99 Å². The summed E-state index contributed by atoms with van der Waals surface area (Å²) < 4.78 is 23.8. The van der Waals surface area contributed by atoms with Crippen LogP contribution < -0.4 is 21.6 Å². The second kappa shape index (κ2) is 12.1. The summed E-state index contributed by atoms with van der Waals surface area (Å²) in [6, 6.07) is 18.8. The molecule has 2 aliphatic rings. The molecule has 2 aromatic carbocycles. The molecule has 6 rings (SSSR count). The third-order valence-electron chi connectivity index (χ3n) is 7.50. The molecule has 216 valence electrons. The number of halogens is 2. The van der Waals surface area contributed by atoms with E-state index in [0.717, 1.165) is 18.4 Å². The number of hydrazine groups is 2. The van der Waals surface area contributed by atoms with Gasteiger partial charge >= 0.3 is 0 Å². The van der Waals surface area contributed by atoms with E-state index in [9.17, 15) is 16.3 Å². The first-order chi connectivity index (χ1) is 21.3. The van der Waals surface area contributed by atoms with Crippen molar-refractivity contribution < 1.29 is 5.76 Å². The molecule has 1 aliphatic heterocycles.